The van der Waals surface area contributed by atoms with Crippen LogP contribution in [0.25, 0.3) is 0 Å². The molecule has 4 rings (SSSR count). The molecule has 30 heavy (non-hydrogen) atoms. The van der Waals surface area contributed by atoms with Crippen LogP contribution in [0, 0.1) is 6.92 Å². The first kappa shape index (κ1) is 20.7. The van der Waals surface area contributed by atoms with Gasteiger partial charge < -0.3 is 14.2 Å². The average molecular weight is 425 g/mol. The molecular formula is C24H28N2O3S. The number of aryl methyl sites for hydroxylation is 1. The summed E-state index contributed by atoms with van der Waals surface area (Å²) in [6.07, 6.45) is 2.47. The third kappa shape index (κ3) is 5.32. The Morgan fingerprint density at radius 2 is 1.77 bits per heavy atom. The minimum atomic E-state index is 0.501. The Labute approximate surface area is 182 Å². The standard InChI is InChI=1S/C24H28N2O3S/c1-17-4-8-21(9-5-17)29-15-24-25-19(16-30-24)14-26(20-6-7-20)13-18-12-22(27-2)10-11-23(18)28-3/h4-5,8-12,16,20H,6-7,13-15H2,1-3H3. The van der Waals surface area contributed by atoms with Crippen LogP contribution in [-0.4, -0.2) is 30.1 Å². The van der Waals surface area contributed by atoms with Gasteiger partial charge in [-0.05, 0) is 50.1 Å². The van der Waals surface area contributed by atoms with Gasteiger partial charge in [-0.2, -0.15) is 0 Å². The Morgan fingerprint density at radius 3 is 2.47 bits per heavy atom. The van der Waals surface area contributed by atoms with Gasteiger partial charge >= 0.3 is 0 Å². The number of nitrogens with zero attached hydrogens (tertiary/aromatic N) is 2. The fraction of sp³-hybridized carbons (Fsp3) is 0.375. The molecule has 0 spiro atoms. The third-order valence-corrected chi connectivity index (χ3v) is 6.14. The van der Waals surface area contributed by atoms with Crippen LogP contribution in [0.4, 0.5) is 0 Å². The first-order chi connectivity index (χ1) is 14.6. The van der Waals surface area contributed by atoms with Crippen molar-refractivity contribution in [3.8, 4) is 17.2 Å². The van der Waals surface area contributed by atoms with Gasteiger partial charge in [-0.3, -0.25) is 4.90 Å². The molecule has 0 N–H and O–H groups in total. The average Bonchev–Trinajstić information content (AvgIpc) is 3.52. The molecule has 5 nitrogen and oxygen atoms in total. The Balaban J connectivity index is 1.40. The first-order valence-corrected chi connectivity index (χ1v) is 11.1. The van der Waals surface area contributed by atoms with E-state index in [0.717, 1.165) is 46.6 Å². The van der Waals surface area contributed by atoms with Crippen LogP contribution < -0.4 is 14.2 Å². The lowest BCUT2D eigenvalue weighted by atomic mass is 10.1. The summed E-state index contributed by atoms with van der Waals surface area (Å²) < 4.78 is 16.9. The third-order valence-electron chi connectivity index (χ3n) is 5.27. The van der Waals surface area contributed by atoms with E-state index in [1.165, 1.54) is 18.4 Å². The summed E-state index contributed by atoms with van der Waals surface area (Å²) in [6.45, 7) is 4.22. The molecule has 0 unspecified atom stereocenters. The molecule has 0 aliphatic heterocycles. The van der Waals surface area contributed by atoms with Gasteiger partial charge in [0.05, 0.1) is 19.9 Å². The van der Waals surface area contributed by atoms with Crippen LogP contribution in [0.2, 0.25) is 0 Å². The summed E-state index contributed by atoms with van der Waals surface area (Å²) in [5, 5.41) is 3.15. The lowest BCUT2D eigenvalue weighted by Gasteiger charge is -2.22. The largest absolute Gasteiger partial charge is 0.497 e. The molecule has 1 heterocycles. The molecule has 1 aliphatic rings. The number of hydrogen-bond acceptors (Lipinski definition) is 6. The van der Waals surface area contributed by atoms with E-state index < -0.39 is 0 Å². The molecule has 1 saturated carbocycles. The number of thiazole rings is 1. The van der Waals surface area contributed by atoms with Crippen molar-refractivity contribution >= 4 is 11.3 Å². The van der Waals surface area contributed by atoms with Gasteiger partial charge in [0, 0.05) is 30.1 Å². The summed E-state index contributed by atoms with van der Waals surface area (Å²) in [6, 6.07) is 14.7. The van der Waals surface area contributed by atoms with E-state index >= 15 is 0 Å². The Hall–Kier alpha value is -2.57. The summed E-state index contributed by atoms with van der Waals surface area (Å²) in [4.78, 5) is 7.29. The zero-order chi connectivity index (χ0) is 20.9. The van der Waals surface area contributed by atoms with Gasteiger partial charge in [0.15, 0.2) is 0 Å². The second-order valence-electron chi connectivity index (χ2n) is 7.65. The number of ether oxygens (including phenoxy) is 3. The van der Waals surface area contributed by atoms with Crippen molar-refractivity contribution in [3.63, 3.8) is 0 Å². The maximum Gasteiger partial charge on any atom is 0.140 e. The molecule has 1 fully saturated rings. The van der Waals surface area contributed by atoms with E-state index in [0.29, 0.717) is 12.6 Å². The monoisotopic (exact) mass is 424 g/mol. The van der Waals surface area contributed by atoms with Crippen LogP contribution in [0.5, 0.6) is 17.2 Å². The second-order valence-corrected chi connectivity index (χ2v) is 8.59. The molecular weight excluding hydrogens is 396 g/mol. The minimum Gasteiger partial charge on any atom is -0.497 e. The highest BCUT2D eigenvalue weighted by molar-refractivity contribution is 7.09. The van der Waals surface area contributed by atoms with Crippen molar-refractivity contribution in [1.82, 2.24) is 9.88 Å². The van der Waals surface area contributed by atoms with E-state index in [2.05, 4.69) is 35.4 Å². The van der Waals surface area contributed by atoms with Crippen LogP contribution in [-0.2, 0) is 19.7 Å². The Kier molecular flexibility index (Phi) is 6.55. The molecule has 0 atom stereocenters. The summed E-state index contributed by atoms with van der Waals surface area (Å²) >= 11 is 1.66. The highest BCUT2D eigenvalue weighted by Gasteiger charge is 2.30. The Morgan fingerprint density at radius 1 is 1.00 bits per heavy atom. The quantitative estimate of drug-likeness (QED) is 0.447. The van der Waals surface area contributed by atoms with Gasteiger partial charge in [0.2, 0.25) is 0 Å². The predicted octanol–water partition coefficient (Wildman–Crippen LogP) is 5.21. The molecule has 0 bridgehead atoms. The normalized spacial score (nSPS) is 13.5. The molecule has 2 aromatic carbocycles. The van der Waals surface area contributed by atoms with Crippen LogP contribution in [0.1, 0.15) is 34.7 Å². The summed E-state index contributed by atoms with van der Waals surface area (Å²) in [5.41, 5.74) is 3.46. The van der Waals surface area contributed by atoms with Gasteiger partial charge in [0.25, 0.3) is 0 Å². The van der Waals surface area contributed by atoms with Gasteiger partial charge in [-0.25, -0.2) is 4.98 Å². The second kappa shape index (κ2) is 9.49. The smallest absolute Gasteiger partial charge is 0.140 e. The van der Waals surface area contributed by atoms with E-state index in [4.69, 9.17) is 19.2 Å². The summed E-state index contributed by atoms with van der Waals surface area (Å²) in [5.74, 6) is 2.62. The van der Waals surface area contributed by atoms with E-state index in [-0.39, 0.29) is 0 Å². The zero-order valence-electron chi connectivity index (χ0n) is 17.8. The predicted molar refractivity (Wildman–Crippen MR) is 119 cm³/mol. The van der Waals surface area contributed by atoms with Crippen molar-refractivity contribution in [2.45, 2.75) is 45.5 Å². The molecule has 6 heteroatoms. The van der Waals surface area contributed by atoms with Gasteiger partial charge in [0.1, 0.15) is 28.9 Å². The number of benzene rings is 2. The molecule has 1 aliphatic carbocycles. The minimum absolute atomic E-state index is 0.501. The van der Waals surface area contributed by atoms with Crippen molar-refractivity contribution in [2.24, 2.45) is 0 Å². The van der Waals surface area contributed by atoms with Crippen LogP contribution in [0.15, 0.2) is 47.8 Å². The fourth-order valence-electron chi connectivity index (χ4n) is 3.45. The molecule has 0 amide bonds. The molecule has 158 valence electrons. The number of methoxy groups -OCH3 is 2. The first-order valence-electron chi connectivity index (χ1n) is 10.2. The molecule has 0 radical (unpaired) electrons. The molecule has 1 aromatic heterocycles. The highest BCUT2D eigenvalue weighted by atomic mass is 32.1. The van der Waals surface area contributed by atoms with Crippen molar-refractivity contribution in [1.29, 1.82) is 0 Å². The van der Waals surface area contributed by atoms with E-state index in [1.54, 1.807) is 25.6 Å². The number of aromatic nitrogens is 1. The van der Waals surface area contributed by atoms with E-state index in [1.807, 2.05) is 24.3 Å². The van der Waals surface area contributed by atoms with E-state index in [9.17, 15) is 0 Å². The SMILES string of the molecule is COc1ccc(OC)c(CN(Cc2csc(COc3ccc(C)cc3)n2)C2CC2)c1. The highest BCUT2D eigenvalue weighted by Crippen LogP contribution is 2.33. The Bertz CT molecular complexity index is 967. The van der Waals surface area contributed by atoms with Crippen LogP contribution in [0.3, 0.4) is 0 Å². The number of hydrogen-bond donors (Lipinski definition) is 0. The topological polar surface area (TPSA) is 43.8 Å². The lowest BCUT2D eigenvalue weighted by molar-refractivity contribution is 0.238. The maximum atomic E-state index is 5.88. The molecule has 3 aromatic rings. The number of rotatable bonds is 10. The van der Waals surface area contributed by atoms with Gasteiger partial charge in [-0.1, -0.05) is 17.7 Å². The van der Waals surface area contributed by atoms with Crippen molar-refractivity contribution < 1.29 is 14.2 Å². The zero-order valence-corrected chi connectivity index (χ0v) is 18.6. The fourth-order valence-corrected chi connectivity index (χ4v) is 4.15. The van der Waals surface area contributed by atoms with Gasteiger partial charge in [-0.15, -0.1) is 11.3 Å². The van der Waals surface area contributed by atoms with Crippen molar-refractivity contribution in [2.75, 3.05) is 14.2 Å². The maximum absolute atomic E-state index is 5.88. The van der Waals surface area contributed by atoms with Crippen molar-refractivity contribution in [3.05, 3.63) is 69.7 Å². The lowest BCUT2D eigenvalue weighted by Crippen LogP contribution is -2.25. The summed E-state index contributed by atoms with van der Waals surface area (Å²) in [7, 11) is 3.41. The van der Waals surface area contributed by atoms with Crippen LogP contribution >= 0.6 is 11.3 Å². The molecule has 0 saturated heterocycles.